The van der Waals surface area contributed by atoms with Crippen molar-refractivity contribution in [3.63, 3.8) is 0 Å². The lowest BCUT2D eigenvalue weighted by atomic mass is 10.2. The Morgan fingerprint density at radius 2 is 2.06 bits per heavy atom. The summed E-state index contributed by atoms with van der Waals surface area (Å²) in [7, 11) is 1.61. The van der Waals surface area contributed by atoms with E-state index in [1.165, 1.54) is 17.7 Å². The zero-order valence-corrected chi connectivity index (χ0v) is 20.2. The van der Waals surface area contributed by atoms with Crippen LogP contribution in [0.1, 0.15) is 18.2 Å². The summed E-state index contributed by atoms with van der Waals surface area (Å²) in [6.07, 6.45) is 4.26. The minimum atomic E-state index is -0.271. The van der Waals surface area contributed by atoms with Gasteiger partial charge in [0.2, 0.25) is 0 Å². The van der Waals surface area contributed by atoms with E-state index in [1.807, 2.05) is 12.1 Å². The molecule has 11 heteroatoms. The number of rotatable bonds is 11. The number of nitrogens with zero attached hydrogens (tertiary/aromatic N) is 4. The normalized spacial score (nSPS) is 14.2. The molecule has 0 unspecified atom stereocenters. The Morgan fingerprint density at radius 3 is 2.85 bits per heavy atom. The van der Waals surface area contributed by atoms with Crippen molar-refractivity contribution < 1.29 is 23.7 Å². The predicted octanol–water partition coefficient (Wildman–Crippen LogP) is 3.05. The fraction of sp³-hybridized carbons (Fsp3) is 0.478. The van der Waals surface area contributed by atoms with Gasteiger partial charge in [0.25, 0.3) is 0 Å². The molecule has 2 aromatic heterocycles. The molecule has 0 amide bonds. The standard InChI is InChI=1S/C23H29N5O5S/c1-3-32-21(29)11-16-14-24-23(34-16)27-22-17-12-19(30-2)20(13-18(17)25-15-26-22)33-8-4-5-28-6-9-31-10-7-28/h12-15H,3-11H2,1-2H3,(H,24,25,26,27). The van der Waals surface area contributed by atoms with Crippen LogP contribution in [0.25, 0.3) is 10.9 Å². The molecular weight excluding hydrogens is 458 g/mol. The Bertz CT molecular complexity index is 1100. The van der Waals surface area contributed by atoms with Crippen LogP contribution in [0.2, 0.25) is 0 Å². The van der Waals surface area contributed by atoms with E-state index < -0.39 is 0 Å². The Kier molecular flexibility index (Phi) is 8.45. The first kappa shape index (κ1) is 24.1. The third-order valence-electron chi connectivity index (χ3n) is 5.30. The maximum absolute atomic E-state index is 11.7. The molecule has 0 spiro atoms. The van der Waals surface area contributed by atoms with E-state index in [9.17, 15) is 4.79 Å². The van der Waals surface area contributed by atoms with Gasteiger partial charge in [-0.15, -0.1) is 11.3 Å². The maximum Gasteiger partial charge on any atom is 0.311 e. The summed E-state index contributed by atoms with van der Waals surface area (Å²) in [5.74, 6) is 1.58. The van der Waals surface area contributed by atoms with Gasteiger partial charge in [-0.05, 0) is 19.4 Å². The molecule has 0 aliphatic carbocycles. The molecule has 1 aromatic carbocycles. The van der Waals surface area contributed by atoms with Crippen LogP contribution in [-0.2, 0) is 20.7 Å². The summed E-state index contributed by atoms with van der Waals surface area (Å²) in [6, 6.07) is 3.73. The number of esters is 1. The second kappa shape index (κ2) is 11.9. The van der Waals surface area contributed by atoms with E-state index >= 15 is 0 Å². The van der Waals surface area contributed by atoms with Crippen LogP contribution in [0.3, 0.4) is 0 Å². The van der Waals surface area contributed by atoms with Crippen molar-refractivity contribution in [2.45, 2.75) is 19.8 Å². The van der Waals surface area contributed by atoms with Crippen molar-refractivity contribution >= 4 is 39.2 Å². The van der Waals surface area contributed by atoms with E-state index in [4.69, 9.17) is 18.9 Å². The zero-order chi connectivity index (χ0) is 23.8. The number of aromatic nitrogens is 3. The zero-order valence-electron chi connectivity index (χ0n) is 19.4. The van der Waals surface area contributed by atoms with Crippen LogP contribution in [0, 0.1) is 0 Å². The van der Waals surface area contributed by atoms with E-state index in [0.717, 1.165) is 55.0 Å². The lowest BCUT2D eigenvalue weighted by molar-refractivity contribution is -0.142. The number of methoxy groups -OCH3 is 1. The second-order valence-electron chi connectivity index (χ2n) is 7.64. The minimum Gasteiger partial charge on any atom is -0.493 e. The van der Waals surface area contributed by atoms with E-state index in [0.29, 0.717) is 35.7 Å². The van der Waals surface area contributed by atoms with Crippen molar-refractivity contribution in [3.8, 4) is 11.5 Å². The average molecular weight is 488 g/mol. The summed E-state index contributed by atoms with van der Waals surface area (Å²) < 4.78 is 22.0. The predicted molar refractivity (Wildman–Crippen MR) is 129 cm³/mol. The smallest absolute Gasteiger partial charge is 0.311 e. The number of carbonyl (C=O) groups excluding carboxylic acids is 1. The Hall–Kier alpha value is -3.02. The number of hydrogen-bond acceptors (Lipinski definition) is 11. The molecule has 0 bridgehead atoms. The van der Waals surface area contributed by atoms with Crippen molar-refractivity contribution in [1.29, 1.82) is 0 Å². The second-order valence-corrected chi connectivity index (χ2v) is 8.75. The highest BCUT2D eigenvalue weighted by Gasteiger charge is 2.15. The summed E-state index contributed by atoms with van der Waals surface area (Å²) in [4.78, 5) is 28.0. The van der Waals surface area contributed by atoms with Gasteiger partial charge in [-0.1, -0.05) is 0 Å². The third-order valence-corrected chi connectivity index (χ3v) is 6.22. The summed E-state index contributed by atoms with van der Waals surface area (Å²) >= 11 is 1.38. The van der Waals surface area contributed by atoms with Gasteiger partial charge in [0, 0.05) is 42.2 Å². The van der Waals surface area contributed by atoms with Crippen molar-refractivity contribution in [3.05, 3.63) is 29.5 Å². The van der Waals surface area contributed by atoms with Crippen LogP contribution in [0.15, 0.2) is 24.7 Å². The van der Waals surface area contributed by atoms with Gasteiger partial charge in [0.15, 0.2) is 16.6 Å². The Labute approximate surface area is 202 Å². The van der Waals surface area contributed by atoms with E-state index in [2.05, 4.69) is 25.2 Å². The summed E-state index contributed by atoms with van der Waals surface area (Å²) in [6.45, 7) is 7.22. The summed E-state index contributed by atoms with van der Waals surface area (Å²) in [5.41, 5.74) is 0.727. The number of carbonyl (C=O) groups is 1. The lowest BCUT2D eigenvalue weighted by Gasteiger charge is -2.26. The first-order valence-electron chi connectivity index (χ1n) is 11.3. The van der Waals surface area contributed by atoms with Gasteiger partial charge in [0.05, 0.1) is 45.5 Å². The molecule has 3 aromatic rings. The topological polar surface area (TPSA) is 108 Å². The molecule has 1 aliphatic heterocycles. The van der Waals surface area contributed by atoms with Crippen LogP contribution < -0.4 is 14.8 Å². The molecule has 0 saturated carbocycles. The molecule has 34 heavy (non-hydrogen) atoms. The molecule has 10 nitrogen and oxygen atoms in total. The van der Waals surface area contributed by atoms with Gasteiger partial charge in [0.1, 0.15) is 12.1 Å². The fourth-order valence-electron chi connectivity index (χ4n) is 3.63. The van der Waals surface area contributed by atoms with Crippen LogP contribution >= 0.6 is 11.3 Å². The maximum atomic E-state index is 11.7. The first-order chi connectivity index (χ1) is 16.7. The monoisotopic (exact) mass is 487 g/mol. The van der Waals surface area contributed by atoms with E-state index in [1.54, 1.807) is 20.2 Å². The Balaban J connectivity index is 1.43. The Morgan fingerprint density at radius 1 is 1.21 bits per heavy atom. The molecule has 1 aliphatic rings. The number of nitrogens with one attached hydrogen (secondary N) is 1. The van der Waals surface area contributed by atoms with Gasteiger partial charge >= 0.3 is 5.97 Å². The van der Waals surface area contributed by atoms with Gasteiger partial charge < -0.3 is 24.3 Å². The number of thiazole rings is 1. The first-order valence-corrected chi connectivity index (χ1v) is 12.1. The van der Waals surface area contributed by atoms with Crippen molar-refractivity contribution in [1.82, 2.24) is 19.9 Å². The van der Waals surface area contributed by atoms with Gasteiger partial charge in [-0.3, -0.25) is 9.69 Å². The number of hydrogen-bond donors (Lipinski definition) is 1. The summed E-state index contributed by atoms with van der Waals surface area (Å²) in [5, 5.41) is 4.63. The van der Waals surface area contributed by atoms with Gasteiger partial charge in [-0.2, -0.15) is 0 Å². The highest BCUT2D eigenvalue weighted by atomic mass is 32.1. The average Bonchev–Trinajstić information content (AvgIpc) is 3.28. The molecule has 1 fully saturated rings. The number of anilines is 2. The van der Waals surface area contributed by atoms with Crippen LogP contribution in [-0.4, -0.2) is 79.0 Å². The van der Waals surface area contributed by atoms with Crippen LogP contribution in [0.4, 0.5) is 10.9 Å². The largest absolute Gasteiger partial charge is 0.493 e. The SMILES string of the molecule is CCOC(=O)Cc1cnc(Nc2ncnc3cc(OCCCN4CCOCC4)c(OC)cc23)s1. The molecule has 0 radical (unpaired) electrons. The molecule has 0 atom stereocenters. The van der Waals surface area contributed by atoms with Crippen molar-refractivity contribution in [2.24, 2.45) is 0 Å². The van der Waals surface area contributed by atoms with Crippen LogP contribution in [0.5, 0.6) is 11.5 Å². The third kappa shape index (κ3) is 6.31. The molecule has 1 saturated heterocycles. The molecular formula is C23H29N5O5S. The number of benzene rings is 1. The highest BCUT2D eigenvalue weighted by molar-refractivity contribution is 7.15. The van der Waals surface area contributed by atoms with Gasteiger partial charge in [-0.25, -0.2) is 15.0 Å². The highest BCUT2D eigenvalue weighted by Crippen LogP contribution is 2.35. The quantitative estimate of drug-likeness (QED) is 0.320. The minimum absolute atomic E-state index is 0.192. The molecule has 182 valence electrons. The number of ether oxygens (including phenoxy) is 4. The number of morpholine rings is 1. The van der Waals surface area contributed by atoms with E-state index in [-0.39, 0.29) is 12.4 Å². The fourth-order valence-corrected chi connectivity index (χ4v) is 4.43. The molecule has 3 heterocycles. The lowest BCUT2D eigenvalue weighted by Crippen LogP contribution is -2.37. The van der Waals surface area contributed by atoms with Crippen molar-refractivity contribution in [2.75, 3.05) is 58.5 Å². The molecule has 1 N–H and O–H groups in total. The molecule has 4 rings (SSSR count). The number of fused-ring (bicyclic) bond motifs is 1.